The predicted molar refractivity (Wildman–Crippen MR) is 96.2 cm³/mol. The Kier molecular flexibility index (Phi) is 5.14. The number of nitrogens with zero attached hydrogens (tertiary/aromatic N) is 2. The van der Waals surface area contributed by atoms with Crippen molar-refractivity contribution in [3.05, 3.63) is 29.3 Å². The van der Waals surface area contributed by atoms with Gasteiger partial charge in [-0.2, -0.15) is 0 Å². The standard InChI is InChI=1S/C20H30N2O2/c1-4-22-15-20(8-7-19(22)23)9-11-21(12-10-20)14-17-5-6-18(24-3)16(2)13-17/h5-6,13H,4,7-12,14-15H2,1-3H3. The van der Waals surface area contributed by atoms with E-state index in [1.54, 1.807) is 7.11 Å². The van der Waals surface area contributed by atoms with Gasteiger partial charge in [0.2, 0.25) is 5.91 Å². The summed E-state index contributed by atoms with van der Waals surface area (Å²) in [6, 6.07) is 6.48. The first-order valence-corrected chi connectivity index (χ1v) is 9.19. The molecule has 1 aromatic carbocycles. The number of piperidine rings is 2. The summed E-state index contributed by atoms with van der Waals surface area (Å²) in [4.78, 5) is 16.6. The average Bonchev–Trinajstić information content (AvgIpc) is 2.59. The number of rotatable bonds is 4. The average molecular weight is 330 g/mol. The van der Waals surface area contributed by atoms with Gasteiger partial charge >= 0.3 is 0 Å². The molecule has 0 unspecified atom stereocenters. The highest BCUT2D eigenvalue weighted by Gasteiger charge is 2.40. The Labute approximate surface area is 145 Å². The van der Waals surface area contributed by atoms with Crippen LogP contribution in [-0.4, -0.2) is 49.0 Å². The van der Waals surface area contributed by atoms with E-state index in [9.17, 15) is 4.79 Å². The van der Waals surface area contributed by atoms with Gasteiger partial charge in [0.05, 0.1) is 7.11 Å². The lowest BCUT2D eigenvalue weighted by Crippen LogP contribution is -2.51. The predicted octanol–water partition coefficient (Wildman–Crippen LogP) is 3.23. The van der Waals surface area contributed by atoms with Crippen molar-refractivity contribution < 1.29 is 9.53 Å². The van der Waals surface area contributed by atoms with Gasteiger partial charge in [0.1, 0.15) is 5.75 Å². The summed E-state index contributed by atoms with van der Waals surface area (Å²) in [6.07, 6.45) is 4.25. The highest BCUT2D eigenvalue weighted by molar-refractivity contribution is 5.77. The molecule has 4 nitrogen and oxygen atoms in total. The van der Waals surface area contributed by atoms with Crippen molar-refractivity contribution in [3.63, 3.8) is 0 Å². The van der Waals surface area contributed by atoms with Crippen molar-refractivity contribution in [3.8, 4) is 5.75 Å². The number of hydrogen-bond donors (Lipinski definition) is 0. The molecular formula is C20H30N2O2. The van der Waals surface area contributed by atoms with Crippen LogP contribution in [0.15, 0.2) is 18.2 Å². The van der Waals surface area contributed by atoms with E-state index in [-0.39, 0.29) is 0 Å². The Morgan fingerprint density at radius 2 is 1.96 bits per heavy atom. The van der Waals surface area contributed by atoms with Crippen molar-refractivity contribution >= 4 is 5.91 Å². The van der Waals surface area contributed by atoms with Gasteiger partial charge in [-0.25, -0.2) is 0 Å². The number of benzene rings is 1. The first-order valence-electron chi connectivity index (χ1n) is 9.19. The Morgan fingerprint density at radius 1 is 1.21 bits per heavy atom. The molecule has 2 fully saturated rings. The summed E-state index contributed by atoms with van der Waals surface area (Å²) in [5, 5.41) is 0. The maximum atomic E-state index is 11.9. The molecule has 0 atom stereocenters. The maximum Gasteiger partial charge on any atom is 0.222 e. The van der Waals surface area contributed by atoms with Crippen LogP contribution in [0.5, 0.6) is 5.75 Å². The Balaban J connectivity index is 1.57. The number of amides is 1. The molecule has 0 aliphatic carbocycles. The van der Waals surface area contributed by atoms with Crippen molar-refractivity contribution in [2.24, 2.45) is 5.41 Å². The third kappa shape index (κ3) is 3.59. The minimum Gasteiger partial charge on any atom is -0.496 e. The lowest BCUT2D eigenvalue weighted by molar-refractivity contribution is -0.138. The molecule has 2 aliphatic rings. The van der Waals surface area contributed by atoms with Gasteiger partial charge in [0.25, 0.3) is 0 Å². The number of hydrogen-bond acceptors (Lipinski definition) is 3. The highest BCUT2D eigenvalue weighted by atomic mass is 16.5. The molecule has 2 heterocycles. The van der Waals surface area contributed by atoms with E-state index in [2.05, 4.69) is 41.8 Å². The van der Waals surface area contributed by atoms with Crippen LogP contribution in [0.25, 0.3) is 0 Å². The molecule has 1 aromatic rings. The Bertz CT molecular complexity index is 591. The summed E-state index contributed by atoms with van der Waals surface area (Å²) in [6.45, 7) is 9.31. The van der Waals surface area contributed by atoms with E-state index in [4.69, 9.17) is 4.74 Å². The molecule has 0 saturated carbocycles. The van der Waals surface area contributed by atoms with Gasteiger partial charge in [0, 0.05) is 26.1 Å². The van der Waals surface area contributed by atoms with Crippen molar-refractivity contribution in [2.75, 3.05) is 33.3 Å². The van der Waals surface area contributed by atoms with Gasteiger partial charge in [-0.15, -0.1) is 0 Å². The third-order valence-electron chi connectivity index (χ3n) is 5.91. The summed E-state index contributed by atoms with van der Waals surface area (Å²) >= 11 is 0. The fraction of sp³-hybridized carbons (Fsp3) is 0.650. The summed E-state index contributed by atoms with van der Waals surface area (Å²) in [5.41, 5.74) is 2.93. The first kappa shape index (κ1) is 17.3. The van der Waals surface area contributed by atoms with Crippen molar-refractivity contribution in [1.29, 1.82) is 0 Å². The molecule has 24 heavy (non-hydrogen) atoms. The van der Waals surface area contributed by atoms with Gasteiger partial charge in [-0.1, -0.05) is 12.1 Å². The SMILES string of the molecule is CCN1CC2(CCC1=O)CCN(Cc1ccc(OC)c(C)c1)CC2. The summed E-state index contributed by atoms with van der Waals surface area (Å²) in [5.74, 6) is 1.31. The number of carbonyl (C=O) groups is 1. The van der Waals surface area contributed by atoms with E-state index in [1.807, 2.05) is 0 Å². The molecule has 4 heteroatoms. The lowest BCUT2D eigenvalue weighted by atomic mass is 9.72. The zero-order valence-corrected chi connectivity index (χ0v) is 15.3. The number of methoxy groups -OCH3 is 1. The monoisotopic (exact) mass is 330 g/mol. The number of aryl methyl sites for hydroxylation is 1. The van der Waals surface area contributed by atoms with Gasteiger partial charge in [0.15, 0.2) is 0 Å². The van der Waals surface area contributed by atoms with Crippen LogP contribution in [0.1, 0.15) is 43.7 Å². The molecule has 2 aliphatic heterocycles. The van der Waals surface area contributed by atoms with Crippen LogP contribution in [0.4, 0.5) is 0 Å². The molecule has 1 amide bonds. The van der Waals surface area contributed by atoms with E-state index in [0.717, 1.165) is 51.3 Å². The second-order valence-electron chi connectivity index (χ2n) is 7.49. The molecule has 2 saturated heterocycles. The van der Waals surface area contributed by atoms with Crippen molar-refractivity contribution in [2.45, 2.75) is 46.1 Å². The quantitative estimate of drug-likeness (QED) is 0.850. The molecule has 0 bridgehead atoms. The number of carbonyl (C=O) groups excluding carboxylic acids is 1. The highest BCUT2D eigenvalue weighted by Crippen LogP contribution is 2.40. The zero-order chi connectivity index (χ0) is 17.2. The molecular weight excluding hydrogens is 300 g/mol. The molecule has 3 rings (SSSR count). The molecule has 1 spiro atoms. The fourth-order valence-electron chi connectivity index (χ4n) is 4.28. The second-order valence-corrected chi connectivity index (χ2v) is 7.49. The van der Waals surface area contributed by atoms with Crippen LogP contribution < -0.4 is 4.74 Å². The Hall–Kier alpha value is -1.55. The van der Waals surface area contributed by atoms with Crippen LogP contribution in [0.3, 0.4) is 0 Å². The first-order chi connectivity index (χ1) is 11.5. The maximum absolute atomic E-state index is 11.9. The number of likely N-dealkylation sites (tertiary alicyclic amines) is 2. The summed E-state index contributed by atoms with van der Waals surface area (Å²) < 4.78 is 5.35. The molecule has 0 N–H and O–H groups in total. The van der Waals surface area contributed by atoms with E-state index < -0.39 is 0 Å². The van der Waals surface area contributed by atoms with Crippen LogP contribution in [0, 0.1) is 12.3 Å². The van der Waals surface area contributed by atoms with Crippen LogP contribution >= 0.6 is 0 Å². The Morgan fingerprint density at radius 3 is 2.58 bits per heavy atom. The van der Waals surface area contributed by atoms with Crippen LogP contribution in [0.2, 0.25) is 0 Å². The van der Waals surface area contributed by atoms with E-state index in [1.165, 1.54) is 24.0 Å². The smallest absolute Gasteiger partial charge is 0.222 e. The zero-order valence-electron chi connectivity index (χ0n) is 15.3. The normalized spacial score (nSPS) is 21.3. The largest absolute Gasteiger partial charge is 0.496 e. The molecule has 0 radical (unpaired) electrons. The molecule has 132 valence electrons. The van der Waals surface area contributed by atoms with E-state index >= 15 is 0 Å². The minimum atomic E-state index is 0.347. The molecule has 0 aromatic heterocycles. The van der Waals surface area contributed by atoms with Crippen molar-refractivity contribution in [1.82, 2.24) is 9.80 Å². The lowest BCUT2D eigenvalue weighted by Gasteiger charge is -2.47. The third-order valence-corrected chi connectivity index (χ3v) is 5.91. The summed E-state index contributed by atoms with van der Waals surface area (Å²) in [7, 11) is 1.72. The van der Waals surface area contributed by atoms with Crippen LogP contribution in [-0.2, 0) is 11.3 Å². The number of ether oxygens (including phenoxy) is 1. The van der Waals surface area contributed by atoms with Gasteiger partial charge in [-0.05, 0) is 68.8 Å². The van der Waals surface area contributed by atoms with Gasteiger partial charge < -0.3 is 9.64 Å². The van der Waals surface area contributed by atoms with E-state index in [0.29, 0.717) is 11.3 Å². The fourth-order valence-corrected chi connectivity index (χ4v) is 4.28. The minimum absolute atomic E-state index is 0.347. The topological polar surface area (TPSA) is 32.8 Å². The van der Waals surface area contributed by atoms with Gasteiger partial charge in [-0.3, -0.25) is 9.69 Å². The second kappa shape index (κ2) is 7.14.